The van der Waals surface area contributed by atoms with Crippen molar-refractivity contribution in [3.05, 3.63) is 49.6 Å². The fourth-order valence-corrected chi connectivity index (χ4v) is 4.15. The molecule has 0 saturated heterocycles. The Morgan fingerprint density at radius 1 is 1.32 bits per heavy atom. The van der Waals surface area contributed by atoms with Crippen molar-refractivity contribution < 1.29 is 4.74 Å². The van der Waals surface area contributed by atoms with Gasteiger partial charge in [-0.3, -0.25) is 0 Å². The molecule has 0 N–H and O–H groups in total. The van der Waals surface area contributed by atoms with Crippen LogP contribution >= 0.6 is 46.9 Å². The van der Waals surface area contributed by atoms with Gasteiger partial charge in [-0.2, -0.15) is 0 Å². The first kappa shape index (κ1) is 17.9. The molecule has 1 unspecified atom stereocenters. The summed E-state index contributed by atoms with van der Waals surface area (Å²) in [6, 6.07) is 7.76. The fraction of sp³-hybridized carbons (Fsp3) is 0.375. The molecule has 1 aromatic heterocycles. The number of hydrogen-bond acceptors (Lipinski definition) is 3. The summed E-state index contributed by atoms with van der Waals surface area (Å²) < 4.78 is 6.20. The molecule has 0 spiro atoms. The van der Waals surface area contributed by atoms with Crippen molar-refractivity contribution in [3.63, 3.8) is 0 Å². The molecular formula is C16H18Cl3NOS. The van der Waals surface area contributed by atoms with E-state index in [0.717, 1.165) is 19.5 Å². The summed E-state index contributed by atoms with van der Waals surface area (Å²) in [6.45, 7) is 4.13. The van der Waals surface area contributed by atoms with Gasteiger partial charge in [-0.15, -0.1) is 23.7 Å². The highest BCUT2D eigenvalue weighted by molar-refractivity contribution is 7.12. The van der Waals surface area contributed by atoms with Crippen LogP contribution in [0, 0.1) is 6.92 Å². The maximum atomic E-state index is 6.25. The number of rotatable bonds is 2. The highest BCUT2D eigenvalue weighted by atomic mass is 35.5. The van der Waals surface area contributed by atoms with Gasteiger partial charge in [0, 0.05) is 34.8 Å². The predicted molar refractivity (Wildman–Crippen MR) is 97.1 cm³/mol. The van der Waals surface area contributed by atoms with Crippen LogP contribution in [0.2, 0.25) is 10.0 Å². The maximum Gasteiger partial charge on any atom is 0.140 e. The van der Waals surface area contributed by atoms with Crippen LogP contribution < -0.4 is 4.74 Å². The molecular weight excluding hydrogens is 361 g/mol. The van der Waals surface area contributed by atoms with Gasteiger partial charge >= 0.3 is 0 Å². The standard InChI is InChI=1S/C16H17Cl2NOS.ClH/c1-10-8-11-13(6-7-19(2)9-15(11)21-10)20-14-5-3-4-12(17)16(14)18;/h3-5,8,13H,6-7,9H2,1-2H3;1H. The van der Waals surface area contributed by atoms with Gasteiger partial charge in [-0.1, -0.05) is 29.3 Å². The van der Waals surface area contributed by atoms with Crippen LogP contribution in [0.5, 0.6) is 5.75 Å². The average Bonchev–Trinajstić information content (AvgIpc) is 2.73. The van der Waals surface area contributed by atoms with Crippen LogP contribution in [-0.4, -0.2) is 18.5 Å². The third-order valence-electron chi connectivity index (χ3n) is 3.68. The molecule has 6 heteroatoms. The van der Waals surface area contributed by atoms with Crippen molar-refractivity contribution in [2.75, 3.05) is 13.6 Å². The molecule has 1 atom stereocenters. The zero-order chi connectivity index (χ0) is 15.0. The van der Waals surface area contributed by atoms with Crippen molar-refractivity contribution >= 4 is 46.9 Å². The van der Waals surface area contributed by atoms with Crippen molar-refractivity contribution in [2.45, 2.75) is 26.0 Å². The molecule has 1 aliphatic heterocycles. The normalized spacial score (nSPS) is 18.3. The van der Waals surface area contributed by atoms with E-state index >= 15 is 0 Å². The summed E-state index contributed by atoms with van der Waals surface area (Å²) in [5, 5.41) is 1.02. The van der Waals surface area contributed by atoms with Gasteiger partial charge in [0.1, 0.15) is 16.9 Å². The molecule has 2 nitrogen and oxygen atoms in total. The molecule has 22 heavy (non-hydrogen) atoms. The van der Waals surface area contributed by atoms with Crippen LogP contribution in [0.3, 0.4) is 0 Å². The lowest BCUT2D eigenvalue weighted by atomic mass is 10.1. The third-order valence-corrected chi connectivity index (χ3v) is 5.54. The first-order valence-electron chi connectivity index (χ1n) is 6.93. The van der Waals surface area contributed by atoms with E-state index in [0.29, 0.717) is 15.8 Å². The Kier molecular flexibility index (Phi) is 6.03. The molecule has 0 fully saturated rings. The highest BCUT2D eigenvalue weighted by Gasteiger charge is 2.25. The minimum absolute atomic E-state index is 0. The molecule has 120 valence electrons. The second-order valence-electron chi connectivity index (χ2n) is 5.42. The topological polar surface area (TPSA) is 12.5 Å². The second kappa shape index (κ2) is 7.41. The third kappa shape index (κ3) is 3.72. The van der Waals surface area contributed by atoms with Crippen molar-refractivity contribution in [3.8, 4) is 5.75 Å². The molecule has 1 aromatic carbocycles. The van der Waals surface area contributed by atoms with E-state index < -0.39 is 0 Å². The number of ether oxygens (including phenoxy) is 1. The Morgan fingerprint density at radius 3 is 2.86 bits per heavy atom. The van der Waals surface area contributed by atoms with Gasteiger partial charge in [0.2, 0.25) is 0 Å². The summed E-state index contributed by atoms with van der Waals surface area (Å²) in [5.41, 5.74) is 1.29. The Bertz CT molecular complexity index is 659. The van der Waals surface area contributed by atoms with Gasteiger partial charge < -0.3 is 9.64 Å². The highest BCUT2D eigenvalue weighted by Crippen LogP contribution is 2.39. The Morgan fingerprint density at radius 2 is 2.09 bits per heavy atom. The maximum absolute atomic E-state index is 6.25. The Labute approximate surface area is 151 Å². The van der Waals surface area contributed by atoms with Crippen molar-refractivity contribution in [2.24, 2.45) is 0 Å². The predicted octanol–water partition coefficient (Wildman–Crippen LogP) is 5.74. The lowest BCUT2D eigenvalue weighted by molar-refractivity contribution is 0.183. The lowest BCUT2D eigenvalue weighted by Crippen LogP contribution is -2.18. The van der Waals surface area contributed by atoms with Crippen LogP contribution in [0.25, 0.3) is 0 Å². The molecule has 0 aliphatic carbocycles. The lowest BCUT2D eigenvalue weighted by Gasteiger charge is -2.19. The Hall–Kier alpha value is -0.450. The zero-order valence-electron chi connectivity index (χ0n) is 12.4. The van der Waals surface area contributed by atoms with Gasteiger partial charge in [0.15, 0.2) is 0 Å². The number of thiophene rings is 1. The molecule has 1 aliphatic rings. The SMILES string of the molecule is Cc1cc2c(s1)CN(C)CCC2Oc1cccc(Cl)c1Cl.Cl. The monoisotopic (exact) mass is 377 g/mol. The number of nitrogens with zero attached hydrogens (tertiary/aromatic N) is 1. The molecule has 0 saturated carbocycles. The molecule has 3 rings (SSSR count). The summed E-state index contributed by atoms with van der Waals surface area (Å²) >= 11 is 14.2. The number of fused-ring (bicyclic) bond motifs is 1. The van der Waals surface area contributed by atoms with E-state index in [9.17, 15) is 0 Å². The minimum Gasteiger partial charge on any atom is -0.484 e. The van der Waals surface area contributed by atoms with Crippen LogP contribution in [0.15, 0.2) is 24.3 Å². The van der Waals surface area contributed by atoms with Crippen molar-refractivity contribution in [1.82, 2.24) is 4.90 Å². The number of halogens is 3. The Balaban J connectivity index is 0.00000176. The van der Waals surface area contributed by atoms with Crippen LogP contribution in [-0.2, 0) is 6.54 Å². The quantitative estimate of drug-likeness (QED) is 0.660. The summed E-state index contributed by atoms with van der Waals surface area (Å²) in [5.74, 6) is 0.661. The number of aryl methyl sites for hydroxylation is 1. The summed E-state index contributed by atoms with van der Waals surface area (Å²) in [4.78, 5) is 5.04. The molecule has 0 bridgehead atoms. The average molecular weight is 379 g/mol. The van der Waals surface area contributed by atoms with E-state index in [4.69, 9.17) is 27.9 Å². The van der Waals surface area contributed by atoms with Crippen molar-refractivity contribution in [1.29, 1.82) is 0 Å². The van der Waals surface area contributed by atoms with Gasteiger partial charge in [-0.05, 0) is 32.2 Å². The molecule has 2 aromatic rings. The van der Waals surface area contributed by atoms with Gasteiger partial charge in [0.05, 0.1) is 5.02 Å². The smallest absolute Gasteiger partial charge is 0.140 e. The van der Waals surface area contributed by atoms with E-state index in [2.05, 4.69) is 24.9 Å². The zero-order valence-corrected chi connectivity index (χ0v) is 15.6. The molecule has 0 amide bonds. The fourth-order valence-electron chi connectivity index (χ4n) is 2.65. The summed E-state index contributed by atoms with van der Waals surface area (Å²) in [6.07, 6.45) is 0.980. The summed E-state index contributed by atoms with van der Waals surface area (Å²) in [7, 11) is 2.15. The van der Waals surface area contributed by atoms with E-state index in [-0.39, 0.29) is 18.5 Å². The number of benzene rings is 1. The second-order valence-corrected chi connectivity index (χ2v) is 7.55. The first-order valence-corrected chi connectivity index (χ1v) is 8.50. The van der Waals surface area contributed by atoms with Crippen LogP contribution in [0.1, 0.15) is 27.8 Å². The minimum atomic E-state index is 0. The van der Waals surface area contributed by atoms with Gasteiger partial charge in [-0.25, -0.2) is 0 Å². The largest absolute Gasteiger partial charge is 0.484 e. The molecule has 0 radical (unpaired) electrons. The van der Waals surface area contributed by atoms with E-state index in [1.165, 1.54) is 15.3 Å². The van der Waals surface area contributed by atoms with Gasteiger partial charge in [0.25, 0.3) is 0 Å². The van der Waals surface area contributed by atoms with Crippen LogP contribution in [0.4, 0.5) is 0 Å². The molecule has 2 heterocycles. The van der Waals surface area contributed by atoms with E-state index in [1.54, 1.807) is 6.07 Å². The van der Waals surface area contributed by atoms with E-state index in [1.807, 2.05) is 23.5 Å². The number of hydrogen-bond donors (Lipinski definition) is 0. The first-order chi connectivity index (χ1) is 10.0.